The summed E-state index contributed by atoms with van der Waals surface area (Å²) in [6.45, 7) is 5.00. The Hall–Kier alpha value is -0.220. The van der Waals surface area contributed by atoms with Gasteiger partial charge in [-0.15, -0.1) is 11.8 Å². The predicted octanol–water partition coefficient (Wildman–Crippen LogP) is 1.87. The van der Waals surface area contributed by atoms with Crippen molar-refractivity contribution in [1.29, 1.82) is 0 Å². The molecule has 1 amide bonds. The normalized spacial score (nSPS) is 33.5. The van der Waals surface area contributed by atoms with Crippen molar-refractivity contribution in [3.05, 3.63) is 0 Å². The second kappa shape index (κ2) is 3.98. The molecule has 86 valence electrons. The van der Waals surface area contributed by atoms with E-state index in [2.05, 4.69) is 13.8 Å². The summed E-state index contributed by atoms with van der Waals surface area (Å²) in [6.07, 6.45) is 4.81. The Morgan fingerprint density at radius 1 is 1.53 bits per heavy atom. The molecule has 0 aromatic rings. The Labute approximate surface area is 95.5 Å². The maximum absolute atomic E-state index is 12.0. The van der Waals surface area contributed by atoms with E-state index in [1.54, 1.807) is 11.8 Å². The van der Waals surface area contributed by atoms with Crippen molar-refractivity contribution in [2.45, 2.75) is 50.1 Å². The molecule has 2 saturated heterocycles. The lowest BCUT2D eigenvalue weighted by atomic mass is 9.88. The summed E-state index contributed by atoms with van der Waals surface area (Å²) in [5.74, 6) is 0.274. The van der Waals surface area contributed by atoms with Crippen molar-refractivity contribution < 1.29 is 9.53 Å². The molecule has 0 aromatic heterocycles. The number of β-lactam (4-membered cyclic amide) rings is 1. The molecule has 0 spiro atoms. The lowest BCUT2D eigenvalue weighted by Crippen LogP contribution is -2.74. The first-order valence-electron chi connectivity index (χ1n) is 5.70. The number of carbonyl (C=O) groups excluding carboxylic acids is 1. The minimum atomic E-state index is -0.299. The zero-order chi connectivity index (χ0) is 11.1. The molecule has 2 heterocycles. The third kappa shape index (κ3) is 1.41. The largest absolute Gasteiger partial charge is 0.356 e. The third-order valence-corrected chi connectivity index (χ3v) is 4.77. The van der Waals surface area contributed by atoms with Crippen molar-refractivity contribution >= 4 is 17.7 Å². The molecule has 2 unspecified atom stereocenters. The summed E-state index contributed by atoms with van der Waals surface area (Å²) < 4.78 is 5.86. The third-order valence-electron chi connectivity index (χ3n) is 3.74. The molecule has 4 heteroatoms. The van der Waals surface area contributed by atoms with E-state index in [4.69, 9.17) is 4.74 Å². The highest BCUT2D eigenvalue weighted by Crippen LogP contribution is 2.44. The average molecular weight is 229 g/mol. The number of hydrogen-bond acceptors (Lipinski definition) is 3. The van der Waals surface area contributed by atoms with Gasteiger partial charge in [-0.2, -0.15) is 0 Å². The lowest BCUT2D eigenvalue weighted by Gasteiger charge is -2.59. The van der Waals surface area contributed by atoms with Crippen LogP contribution >= 0.6 is 11.8 Å². The van der Waals surface area contributed by atoms with E-state index >= 15 is 0 Å². The Kier molecular flexibility index (Phi) is 2.99. The highest BCUT2D eigenvalue weighted by Gasteiger charge is 2.57. The first-order chi connectivity index (χ1) is 7.20. The smallest absolute Gasteiger partial charge is 0.240 e. The van der Waals surface area contributed by atoms with Crippen LogP contribution in [0.25, 0.3) is 0 Å². The molecule has 2 fully saturated rings. The fourth-order valence-corrected chi connectivity index (χ4v) is 3.68. The molecule has 3 nitrogen and oxygen atoms in total. The van der Waals surface area contributed by atoms with Gasteiger partial charge in [-0.3, -0.25) is 4.79 Å². The maximum atomic E-state index is 12.0. The minimum absolute atomic E-state index is 0.186. The number of rotatable bonds is 3. The first kappa shape index (κ1) is 11.3. The summed E-state index contributed by atoms with van der Waals surface area (Å²) in [7, 11) is 0. The molecular weight excluding hydrogens is 210 g/mol. The second-order valence-corrected chi connectivity index (χ2v) is 5.20. The Morgan fingerprint density at radius 2 is 2.20 bits per heavy atom. The standard InChI is InChI=1S/C11H19NO2S/c1-4-11(5-2)12-8(6-7-14-11)9(15-3)10(12)13/h8-9H,4-7H2,1-3H3. The number of carbonyl (C=O) groups is 1. The van der Waals surface area contributed by atoms with Crippen LogP contribution in [0.1, 0.15) is 33.1 Å². The fourth-order valence-electron chi connectivity index (χ4n) is 2.79. The van der Waals surface area contributed by atoms with Crippen LogP contribution in [0.5, 0.6) is 0 Å². The summed E-state index contributed by atoms with van der Waals surface area (Å²) in [4.78, 5) is 14.0. The lowest BCUT2D eigenvalue weighted by molar-refractivity contribution is -0.233. The molecule has 0 saturated carbocycles. The van der Waals surface area contributed by atoms with Crippen LogP contribution in [0.4, 0.5) is 0 Å². The van der Waals surface area contributed by atoms with Crippen molar-refractivity contribution in [1.82, 2.24) is 4.90 Å². The van der Waals surface area contributed by atoms with E-state index < -0.39 is 0 Å². The van der Waals surface area contributed by atoms with Crippen molar-refractivity contribution in [2.75, 3.05) is 12.9 Å². The number of thioether (sulfide) groups is 1. The molecule has 2 atom stereocenters. The van der Waals surface area contributed by atoms with Gasteiger partial charge >= 0.3 is 0 Å². The number of nitrogens with zero attached hydrogens (tertiary/aromatic N) is 1. The molecule has 2 rings (SSSR count). The molecule has 2 aliphatic heterocycles. The van der Waals surface area contributed by atoms with Crippen LogP contribution in [0.3, 0.4) is 0 Å². The van der Waals surface area contributed by atoms with E-state index in [0.29, 0.717) is 6.04 Å². The van der Waals surface area contributed by atoms with E-state index in [-0.39, 0.29) is 16.9 Å². The van der Waals surface area contributed by atoms with Crippen LogP contribution in [0.2, 0.25) is 0 Å². The quantitative estimate of drug-likeness (QED) is 0.692. The summed E-state index contributed by atoms with van der Waals surface area (Å²) in [5.41, 5.74) is -0.299. The van der Waals surface area contributed by atoms with Gasteiger partial charge in [-0.1, -0.05) is 13.8 Å². The van der Waals surface area contributed by atoms with Gasteiger partial charge in [0, 0.05) is 0 Å². The highest BCUT2D eigenvalue weighted by atomic mass is 32.2. The molecular formula is C11H19NO2S. The van der Waals surface area contributed by atoms with Gasteiger partial charge in [0.25, 0.3) is 0 Å². The minimum Gasteiger partial charge on any atom is -0.356 e. The maximum Gasteiger partial charge on any atom is 0.240 e. The Morgan fingerprint density at radius 3 is 2.73 bits per heavy atom. The SMILES string of the molecule is CCC1(CC)OCCC2C(SC)C(=O)N21. The van der Waals surface area contributed by atoms with Gasteiger partial charge in [0.2, 0.25) is 5.91 Å². The molecule has 15 heavy (non-hydrogen) atoms. The van der Waals surface area contributed by atoms with Crippen LogP contribution in [-0.2, 0) is 9.53 Å². The fraction of sp³-hybridized carbons (Fsp3) is 0.909. The van der Waals surface area contributed by atoms with Gasteiger partial charge in [-0.25, -0.2) is 0 Å². The van der Waals surface area contributed by atoms with E-state index in [1.165, 1.54) is 0 Å². The van der Waals surface area contributed by atoms with Crippen LogP contribution in [0.15, 0.2) is 0 Å². The topological polar surface area (TPSA) is 29.5 Å². The summed E-state index contributed by atoms with van der Waals surface area (Å²) >= 11 is 1.68. The zero-order valence-electron chi connectivity index (χ0n) is 9.66. The molecule has 0 aromatic carbocycles. The number of hydrogen-bond donors (Lipinski definition) is 0. The van der Waals surface area contributed by atoms with Gasteiger partial charge < -0.3 is 9.64 Å². The number of amides is 1. The van der Waals surface area contributed by atoms with E-state index in [9.17, 15) is 4.79 Å². The second-order valence-electron chi connectivity index (χ2n) is 4.22. The van der Waals surface area contributed by atoms with Gasteiger partial charge in [0.05, 0.1) is 12.6 Å². The van der Waals surface area contributed by atoms with Crippen LogP contribution < -0.4 is 0 Å². The first-order valence-corrected chi connectivity index (χ1v) is 6.99. The van der Waals surface area contributed by atoms with Gasteiger partial charge in [-0.05, 0) is 25.5 Å². The monoisotopic (exact) mass is 229 g/mol. The molecule has 0 bridgehead atoms. The predicted molar refractivity (Wildman–Crippen MR) is 61.8 cm³/mol. The van der Waals surface area contributed by atoms with Crippen molar-refractivity contribution in [2.24, 2.45) is 0 Å². The Balaban J connectivity index is 2.20. The molecule has 0 aliphatic carbocycles. The molecule has 0 radical (unpaired) electrons. The van der Waals surface area contributed by atoms with Gasteiger partial charge in [0.15, 0.2) is 0 Å². The van der Waals surface area contributed by atoms with Crippen LogP contribution in [-0.4, -0.2) is 40.7 Å². The number of fused-ring (bicyclic) bond motifs is 1. The highest BCUT2D eigenvalue weighted by molar-refractivity contribution is 8.00. The van der Waals surface area contributed by atoms with E-state index in [0.717, 1.165) is 25.9 Å². The summed E-state index contributed by atoms with van der Waals surface area (Å²) in [5, 5.41) is 0.186. The summed E-state index contributed by atoms with van der Waals surface area (Å²) in [6, 6.07) is 0.418. The zero-order valence-corrected chi connectivity index (χ0v) is 10.5. The molecule has 2 aliphatic rings. The Bertz CT molecular complexity index is 265. The van der Waals surface area contributed by atoms with Crippen LogP contribution in [0, 0.1) is 0 Å². The molecule has 0 N–H and O–H groups in total. The number of ether oxygens (including phenoxy) is 1. The van der Waals surface area contributed by atoms with E-state index in [1.807, 2.05) is 11.2 Å². The average Bonchev–Trinajstić information content (AvgIpc) is 2.28. The van der Waals surface area contributed by atoms with Gasteiger partial charge in [0.1, 0.15) is 11.0 Å². The van der Waals surface area contributed by atoms with Crippen molar-refractivity contribution in [3.8, 4) is 0 Å². The van der Waals surface area contributed by atoms with Crippen molar-refractivity contribution in [3.63, 3.8) is 0 Å².